The van der Waals surface area contributed by atoms with E-state index < -0.39 is 16.0 Å². The molecule has 8 nitrogen and oxygen atoms in total. The van der Waals surface area contributed by atoms with Gasteiger partial charge in [0.05, 0.1) is 19.3 Å². The molecule has 1 N–H and O–H groups in total. The number of nitrogens with zero attached hydrogens (tertiary/aromatic N) is 2. The number of thiophene rings is 1. The van der Waals surface area contributed by atoms with Crippen LogP contribution in [-0.4, -0.2) is 43.2 Å². The number of hydrogen-bond acceptors (Lipinski definition) is 8. The quantitative estimate of drug-likeness (QED) is 0.733. The first kappa shape index (κ1) is 18.5. The summed E-state index contributed by atoms with van der Waals surface area (Å²) in [5.41, 5.74) is 0.816. The number of anilines is 1. The number of fused-ring (bicyclic) bond motifs is 1. The van der Waals surface area contributed by atoms with Crippen LogP contribution in [0, 0.1) is 5.92 Å². The van der Waals surface area contributed by atoms with Gasteiger partial charge in [-0.15, -0.1) is 22.7 Å². The van der Waals surface area contributed by atoms with Gasteiger partial charge in [-0.25, -0.2) is 18.2 Å². The van der Waals surface area contributed by atoms with Gasteiger partial charge in [-0.05, 0) is 24.3 Å². The number of esters is 1. The summed E-state index contributed by atoms with van der Waals surface area (Å²) in [7, 11) is -2.61. The molecule has 1 aliphatic carbocycles. The maximum atomic E-state index is 13.0. The molecule has 0 bridgehead atoms. The van der Waals surface area contributed by atoms with E-state index in [0.29, 0.717) is 11.6 Å². The number of hydrogen-bond donors (Lipinski definition) is 1. The number of sulfonamides is 1. The third-order valence-corrected chi connectivity index (χ3v) is 8.40. The van der Waals surface area contributed by atoms with Crippen LogP contribution >= 0.6 is 22.7 Å². The predicted octanol–water partition coefficient (Wildman–Crippen LogP) is 2.09. The summed E-state index contributed by atoms with van der Waals surface area (Å²) in [5, 5.41) is 4.89. The van der Waals surface area contributed by atoms with E-state index in [1.54, 1.807) is 5.38 Å². The lowest BCUT2D eigenvalue weighted by atomic mass is 10.2. The lowest BCUT2D eigenvalue weighted by molar-refractivity contribution is -0.117. The SMILES string of the molecule is COC(=O)c1sccc1S(=O)(=O)N1CCc2nc(NC(=O)C3CC3)sc2C1. The van der Waals surface area contributed by atoms with E-state index in [4.69, 9.17) is 0 Å². The van der Waals surface area contributed by atoms with Crippen molar-refractivity contribution in [2.24, 2.45) is 5.92 Å². The largest absolute Gasteiger partial charge is 0.465 e. The molecule has 2 aromatic rings. The molecule has 1 fully saturated rings. The minimum absolute atomic E-state index is 0.0217. The lowest BCUT2D eigenvalue weighted by Gasteiger charge is -2.25. The Labute approximate surface area is 164 Å². The molecule has 2 aliphatic rings. The first-order valence-electron chi connectivity index (χ1n) is 8.35. The van der Waals surface area contributed by atoms with E-state index in [1.165, 1.54) is 28.8 Å². The van der Waals surface area contributed by atoms with Crippen molar-refractivity contribution in [1.29, 1.82) is 0 Å². The Morgan fingerprint density at radius 2 is 2.15 bits per heavy atom. The fourth-order valence-corrected chi connectivity index (χ4v) is 6.69. The Kier molecular flexibility index (Phi) is 4.78. The average molecular weight is 428 g/mol. The minimum Gasteiger partial charge on any atom is -0.465 e. The van der Waals surface area contributed by atoms with Crippen LogP contribution in [0.25, 0.3) is 0 Å². The molecular weight excluding hydrogens is 410 g/mol. The number of rotatable bonds is 5. The normalized spacial score (nSPS) is 17.4. The molecule has 4 rings (SSSR count). The van der Waals surface area contributed by atoms with Gasteiger partial charge < -0.3 is 10.1 Å². The topological polar surface area (TPSA) is 106 Å². The second-order valence-electron chi connectivity index (χ2n) is 6.35. The zero-order valence-electron chi connectivity index (χ0n) is 14.4. The van der Waals surface area contributed by atoms with Gasteiger partial charge in [-0.1, -0.05) is 0 Å². The smallest absolute Gasteiger partial charge is 0.349 e. The third kappa shape index (κ3) is 3.51. The molecule has 2 aromatic heterocycles. The fourth-order valence-electron chi connectivity index (χ4n) is 2.86. The number of nitrogens with one attached hydrogen (secondary N) is 1. The highest BCUT2D eigenvalue weighted by Crippen LogP contribution is 2.35. The first-order chi connectivity index (χ1) is 12.9. The van der Waals surface area contributed by atoms with E-state index in [2.05, 4.69) is 15.0 Å². The molecule has 0 atom stereocenters. The molecule has 1 aliphatic heterocycles. The summed E-state index contributed by atoms with van der Waals surface area (Å²) in [4.78, 5) is 29.0. The van der Waals surface area contributed by atoms with Gasteiger partial charge in [0.25, 0.3) is 0 Å². The molecule has 0 saturated heterocycles. The van der Waals surface area contributed by atoms with Gasteiger partial charge >= 0.3 is 5.97 Å². The van der Waals surface area contributed by atoms with E-state index in [1.807, 2.05) is 0 Å². The summed E-state index contributed by atoms with van der Waals surface area (Å²) in [5.74, 6) is -0.603. The number of thiazole rings is 1. The van der Waals surface area contributed by atoms with Crippen molar-refractivity contribution >= 4 is 49.7 Å². The zero-order chi connectivity index (χ0) is 19.2. The molecule has 3 heterocycles. The molecule has 0 spiro atoms. The van der Waals surface area contributed by atoms with Gasteiger partial charge in [0.2, 0.25) is 15.9 Å². The molecule has 144 valence electrons. The summed E-state index contributed by atoms with van der Waals surface area (Å²) >= 11 is 2.34. The zero-order valence-corrected chi connectivity index (χ0v) is 16.9. The Bertz CT molecular complexity index is 1010. The van der Waals surface area contributed by atoms with E-state index in [-0.39, 0.29) is 34.7 Å². The molecule has 27 heavy (non-hydrogen) atoms. The fraction of sp³-hybridized carbons (Fsp3) is 0.438. The van der Waals surface area contributed by atoms with Crippen LogP contribution in [0.1, 0.15) is 33.1 Å². The highest BCUT2D eigenvalue weighted by Gasteiger charge is 2.35. The van der Waals surface area contributed by atoms with Crippen molar-refractivity contribution in [2.75, 3.05) is 19.0 Å². The summed E-state index contributed by atoms with van der Waals surface area (Å²) in [6.45, 7) is 0.441. The van der Waals surface area contributed by atoms with Crippen LogP contribution in [-0.2, 0) is 32.5 Å². The molecule has 11 heteroatoms. The van der Waals surface area contributed by atoms with Crippen LogP contribution in [0.4, 0.5) is 5.13 Å². The third-order valence-electron chi connectivity index (χ3n) is 4.49. The molecule has 0 aromatic carbocycles. The van der Waals surface area contributed by atoms with Crippen LogP contribution in [0.2, 0.25) is 0 Å². The minimum atomic E-state index is -3.83. The number of methoxy groups -OCH3 is 1. The standard InChI is InChI=1S/C16H17N3O5S3/c1-24-15(21)13-12(5-7-25-13)27(22,23)19-6-4-10-11(8-19)26-16(17-10)18-14(20)9-2-3-9/h5,7,9H,2-4,6,8H2,1H3,(H,17,18,20). The molecule has 0 unspecified atom stereocenters. The van der Waals surface area contributed by atoms with Gasteiger partial charge in [-0.3, -0.25) is 4.79 Å². The first-order valence-corrected chi connectivity index (χ1v) is 11.5. The number of ether oxygens (including phenoxy) is 1. The Hall–Kier alpha value is -1.82. The number of aromatic nitrogens is 1. The summed E-state index contributed by atoms with van der Waals surface area (Å²) < 4.78 is 32.1. The summed E-state index contributed by atoms with van der Waals surface area (Å²) in [6, 6.07) is 1.43. The van der Waals surface area contributed by atoms with Crippen molar-refractivity contribution in [2.45, 2.75) is 30.7 Å². The van der Waals surface area contributed by atoms with Crippen LogP contribution in [0.15, 0.2) is 16.3 Å². The predicted molar refractivity (Wildman–Crippen MR) is 100 cm³/mol. The Balaban J connectivity index is 1.55. The van der Waals surface area contributed by atoms with Crippen molar-refractivity contribution in [3.63, 3.8) is 0 Å². The maximum absolute atomic E-state index is 13.0. The van der Waals surface area contributed by atoms with Crippen molar-refractivity contribution in [1.82, 2.24) is 9.29 Å². The molecule has 1 amide bonds. The van der Waals surface area contributed by atoms with Crippen molar-refractivity contribution in [3.8, 4) is 0 Å². The molecule has 1 saturated carbocycles. The second-order valence-corrected chi connectivity index (χ2v) is 10.3. The van der Waals surface area contributed by atoms with Gasteiger partial charge in [-0.2, -0.15) is 4.31 Å². The number of carbonyl (C=O) groups is 2. The van der Waals surface area contributed by atoms with E-state index >= 15 is 0 Å². The van der Waals surface area contributed by atoms with Crippen LogP contribution in [0.3, 0.4) is 0 Å². The van der Waals surface area contributed by atoms with Gasteiger partial charge in [0.15, 0.2) is 5.13 Å². The summed E-state index contributed by atoms with van der Waals surface area (Å²) in [6.07, 6.45) is 2.28. The number of carbonyl (C=O) groups excluding carboxylic acids is 2. The van der Waals surface area contributed by atoms with Crippen LogP contribution < -0.4 is 5.32 Å². The van der Waals surface area contributed by atoms with Gasteiger partial charge in [0, 0.05) is 23.8 Å². The average Bonchev–Trinajstić information content (AvgIpc) is 3.24. The van der Waals surface area contributed by atoms with Crippen molar-refractivity contribution in [3.05, 3.63) is 26.9 Å². The lowest BCUT2D eigenvalue weighted by Crippen LogP contribution is -2.36. The number of amides is 1. The Morgan fingerprint density at radius 1 is 1.37 bits per heavy atom. The van der Waals surface area contributed by atoms with E-state index in [9.17, 15) is 18.0 Å². The van der Waals surface area contributed by atoms with Crippen LogP contribution in [0.5, 0.6) is 0 Å². The highest BCUT2D eigenvalue weighted by atomic mass is 32.2. The Morgan fingerprint density at radius 3 is 2.85 bits per heavy atom. The second kappa shape index (κ2) is 6.97. The molecular formula is C16H17N3O5S3. The molecule has 0 radical (unpaired) electrons. The maximum Gasteiger partial charge on any atom is 0.349 e. The monoisotopic (exact) mass is 427 g/mol. The van der Waals surface area contributed by atoms with Gasteiger partial charge in [0.1, 0.15) is 9.77 Å². The van der Waals surface area contributed by atoms with E-state index in [0.717, 1.165) is 34.7 Å². The van der Waals surface area contributed by atoms with Crippen molar-refractivity contribution < 1.29 is 22.7 Å². The highest BCUT2D eigenvalue weighted by molar-refractivity contribution is 7.89.